The van der Waals surface area contributed by atoms with Gasteiger partial charge in [0.25, 0.3) is 0 Å². The molecule has 3 aromatic rings. The van der Waals surface area contributed by atoms with E-state index in [9.17, 15) is 0 Å². The second kappa shape index (κ2) is 4.62. The van der Waals surface area contributed by atoms with Gasteiger partial charge in [-0.15, -0.1) is 5.10 Å². The average molecular weight is 254 g/mol. The lowest BCUT2D eigenvalue weighted by molar-refractivity contribution is 0.955. The molecule has 2 aromatic heterocycles. The Morgan fingerprint density at radius 3 is 2.83 bits per heavy atom. The van der Waals surface area contributed by atoms with Crippen molar-refractivity contribution in [3.63, 3.8) is 0 Å². The summed E-state index contributed by atoms with van der Waals surface area (Å²) in [5.74, 6) is 0. The first-order valence-electron chi connectivity index (χ1n) is 5.42. The minimum atomic E-state index is 0.650. The monoisotopic (exact) mass is 254 g/mol. The van der Waals surface area contributed by atoms with Crippen LogP contribution in [-0.4, -0.2) is 15.2 Å². The molecule has 2 N–H and O–H groups in total. The third-order valence-corrected chi connectivity index (χ3v) is 3.64. The Morgan fingerprint density at radius 1 is 1.06 bits per heavy atom. The van der Waals surface area contributed by atoms with E-state index in [1.54, 1.807) is 18.6 Å². The van der Waals surface area contributed by atoms with Gasteiger partial charge in [-0.1, -0.05) is 36.0 Å². The molecule has 0 bridgehead atoms. The molecule has 4 nitrogen and oxygen atoms in total. The number of hydrogen-bond acceptors (Lipinski definition) is 5. The summed E-state index contributed by atoms with van der Waals surface area (Å²) >= 11 is 1.51. The summed E-state index contributed by atoms with van der Waals surface area (Å²) in [6.07, 6.45) is 5.12. The van der Waals surface area contributed by atoms with Crippen LogP contribution in [0.1, 0.15) is 0 Å². The Bertz CT molecular complexity index is 694. The van der Waals surface area contributed by atoms with Gasteiger partial charge in [0.05, 0.1) is 18.1 Å². The maximum Gasteiger partial charge on any atom is 0.131 e. The van der Waals surface area contributed by atoms with Crippen LogP contribution in [0.25, 0.3) is 10.8 Å². The first-order valence-corrected chi connectivity index (χ1v) is 6.24. The van der Waals surface area contributed by atoms with E-state index in [0.717, 1.165) is 20.7 Å². The van der Waals surface area contributed by atoms with E-state index < -0.39 is 0 Å². The lowest BCUT2D eigenvalue weighted by atomic mass is 10.2. The molecule has 0 aliphatic heterocycles. The highest BCUT2D eigenvalue weighted by molar-refractivity contribution is 7.99. The normalized spacial score (nSPS) is 10.7. The maximum atomic E-state index is 5.88. The molecule has 0 aliphatic rings. The van der Waals surface area contributed by atoms with Crippen LogP contribution in [0, 0.1) is 0 Å². The topological polar surface area (TPSA) is 64.7 Å². The maximum absolute atomic E-state index is 5.88. The van der Waals surface area contributed by atoms with Crippen molar-refractivity contribution < 1.29 is 0 Å². The quantitative estimate of drug-likeness (QED) is 0.761. The third kappa shape index (κ3) is 2.00. The van der Waals surface area contributed by atoms with Gasteiger partial charge >= 0.3 is 0 Å². The number of fused-ring (bicyclic) bond motifs is 1. The third-order valence-electron chi connectivity index (χ3n) is 2.55. The molecule has 0 saturated heterocycles. The van der Waals surface area contributed by atoms with Crippen molar-refractivity contribution in [3.8, 4) is 0 Å². The number of benzene rings is 1. The number of nitrogen functional groups attached to an aromatic ring is 1. The van der Waals surface area contributed by atoms with Gasteiger partial charge in [-0.05, 0) is 6.07 Å². The Hall–Kier alpha value is -2.14. The molecule has 0 spiro atoms. The highest BCUT2D eigenvalue weighted by Gasteiger charge is 2.07. The van der Waals surface area contributed by atoms with Crippen molar-refractivity contribution in [2.45, 2.75) is 9.92 Å². The SMILES string of the molecule is Nc1cnccc1Sc1nncc2ccccc12. The predicted octanol–water partition coefficient (Wildman–Crippen LogP) is 2.76. The van der Waals surface area contributed by atoms with E-state index in [1.807, 2.05) is 30.3 Å². The lowest BCUT2D eigenvalue weighted by Gasteiger charge is -2.05. The summed E-state index contributed by atoms with van der Waals surface area (Å²) < 4.78 is 0. The molecule has 0 aliphatic carbocycles. The van der Waals surface area contributed by atoms with E-state index >= 15 is 0 Å². The van der Waals surface area contributed by atoms with Gasteiger partial charge in [-0.2, -0.15) is 5.10 Å². The van der Waals surface area contributed by atoms with Crippen molar-refractivity contribution in [3.05, 3.63) is 48.9 Å². The van der Waals surface area contributed by atoms with Crippen LogP contribution < -0.4 is 5.73 Å². The molecule has 0 amide bonds. The second-order valence-electron chi connectivity index (χ2n) is 3.75. The number of hydrogen-bond donors (Lipinski definition) is 1. The molecule has 0 radical (unpaired) electrons. The minimum Gasteiger partial charge on any atom is -0.397 e. The van der Waals surface area contributed by atoms with E-state index in [2.05, 4.69) is 15.2 Å². The van der Waals surface area contributed by atoms with Gasteiger partial charge in [0, 0.05) is 21.9 Å². The van der Waals surface area contributed by atoms with Gasteiger partial charge in [0.15, 0.2) is 0 Å². The largest absolute Gasteiger partial charge is 0.397 e. The van der Waals surface area contributed by atoms with Gasteiger partial charge in [0.1, 0.15) is 5.03 Å². The second-order valence-corrected chi connectivity index (χ2v) is 4.78. The number of aromatic nitrogens is 3. The van der Waals surface area contributed by atoms with Gasteiger partial charge in [-0.25, -0.2) is 0 Å². The van der Waals surface area contributed by atoms with Crippen molar-refractivity contribution in [2.75, 3.05) is 5.73 Å². The smallest absolute Gasteiger partial charge is 0.131 e. The molecule has 5 heteroatoms. The number of rotatable bonds is 2. The molecule has 1 aromatic carbocycles. The fourth-order valence-corrected chi connectivity index (χ4v) is 2.56. The van der Waals surface area contributed by atoms with Gasteiger partial charge < -0.3 is 5.73 Å². The van der Waals surface area contributed by atoms with Crippen molar-refractivity contribution in [1.82, 2.24) is 15.2 Å². The van der Waals surface area contributed by atoms with Crippen molar-refractivity contribution in [2.24, 2.45) is 0 Å². The number of pyridine rings is 1. The Balaban J connectivity index is 2.08. The summed E-state index contributed by atoms with van der Waals surface area (Å²) in [5.41, 5.74) is 6.53. The average Bonchev–Trinajstić information content (AvgIpc) is 2.42. The van der Waals surface area contributed by atoms with E-state index in [0.29, 0.717) is 5.69 Å². The van der Waals surface area contributed by atoms with Crippen LogP contribution in [0.5, 0.6) is 0 Å². The van der Waals surface area contributed by atoms with Crippen molar-refractivity contribution >= 4 is 28.2 Å². The molecule has 0 fully saturated rings. The number of nitrogens with two attached hydrogens (primary N) is 1. The standard InChI is InChI=1S/C13H10N4S/c14-11-8-15-6-5-12(11)18-13-10-4-2-1-3-9(10)7-16-17-13/h1-8H,14H2. The van der Waals surface area contributed by atoms with Crippen molar-refractivity contribution in [1.29, 1.82) is 0 Å². The predicted molar refractivity (Wildman–Crippen MR) is 72.3 cm³/mol. The highest BCUT2D eigenvalue weighted by Crippen LogP contribution is 2.33. The van der Waals surface area contributed by atoms with Crippen LogP contribution in [0.3, 0.4) is 0 Å². The van der Waals surface area contributed by atoms with Crippen LogP contribution in [0.2, 0.25) is 0 Å². The Labute approximate surface area is 108 Å². The first-order chi connectivity index (χ1) is 8.84. The molecule has 18 heavy (non-hydrogen) atoms. The summed E-state index contributed by atoms with van der Waals surface area (Å²) in [6, 6.07) is 9.90. The van der Waals surface area contributed by atoms with Crippen LogP contribution >= 0.6 is 11.8 Å². The molecule has 0 unspecified atom stereocenters. The van der Waals surface area contributed by atoms with Gasteiger partial charge in [0.2, 0.25) is 0 Å². The highest BCUT2D eigenvalue weighted by atomic mass is 32.2. The molecular formula is C13H10N4S. The summed E-state index contributed by atoms with van der Waals surface area (Å²) in [7, 11) is 0. The molecule has 88 valence electrons. The lowest BCUT2D eigenvalue weighted by Crippen LogP contribution is -1.91. The van der Waals surface area contributed by atoms with Gasteiger partial charge in [-0.3, -0.25) is 4.98 Å². The van der Waals surface area contributed by atoms with E-state index in [-0.39, 0.29) is 0 Å². The number of nitrogens with zero attached hydrogens (tertiary/aromatic N) is 3. The fourth-order valence-electron chi connectivity index (χ4n) is 1.67. The summed E-state index contributed by atoms with van der Waals surface area (Å²) in [6.45, 7) is 0. The molecule has 0 saturated carbocycles. The molecule has 3 rings (SSSR count). The fraction of sp³-hybridized carbons (Fsp3) is 0. The molecular weight excluding hydrogens is 244 g/mol. The minimum absolute atomic E-state index is 0.650. The summed E-state index contributed by atoms with van der Waals surface area (Å²) in [5, 5.41) is 11.2. The van der Waals surface area contributed by atoms with E-state index in [4.69, 9.17) is 5.73 Å². The zero-order chi connectivity index (χ0) is 12.4. The zero-order valence-electron chi connectivity index (χ0n) is 9.45. The zero-order valence-corrected chi connectivity index (χ0v) is 10.3. The summed E-state index contributed by atoms with van der Waals surface area (Å²) in [4.78, 5) is 4.91. The van der Waals surface area contributed by atoms with E-state index in [1.165, 1.54) is 11.8 Å². The molecule has 0 atom stereocenters. The van der Waals surface area contributed by atoms with Crippen LogP contribution in [0.4, 0.5) is 5.69 Å². The number of anilines is 1. The Morgan fingerprint density at radius 2 is 1.94 bits per heavy atom. The van der Waals surface area contributed by atoms with Crippen LogP contribution in [0.15, 0.2) is 58.8 Å². The van der Waals surface area contributed by atoms with Crippen LogP contribution in [-0.2, 0) is 0 Å². The first kappa shape index (κ1) is 11.0. The Kier molecular flexibility index (Phi) is 2.82. The molecule has 2 heterocycles.